The summed E-state index contributed by atoms with van der Waals surface area (Å²) in [5.41, 5.74) is 0.983. The third kappa shape index (κ3) is 2.73. The molecule has 2 aliphatic rings. The van der Waals surface area contributed by atoms with Gasteiger partial charge in [-0.25, -0.2) is 0 Å². The molecule has 3 atom stereocenters. The molecule has 3 rings (SSSR count). The molecule has 110 valence electrons. The normalized spacial score (nSPS) is 27.1. The second-order valence-electron chi connectivity index (χ2n) is 5.84. The van der Waals surface area contributed by atoms with Crippen molar-refractivity contribution in [3.8, 4) is 11.5 Å². The van der Waals surface area contributed by atoms with Crippen LogP contribution >= 0.6 is 23.2 Å². The van der Waals surface area contributed by atoms with Crippen molar-refractivity contribution >= 4 is 23.2 Å². The zero-order valence-electron chi connectivity index (χ0n) is 11.7. The van der Waals surface area contributed by atoms with E-state index in [-0.39, 0.29) is 5.38 Å². The van der Waals surface area contributed by atoms with Gasteiger partial charge in [0.2, 0.25) is 0 Å². The van der Waals surface area contributed by atoms with E-state index in [0.717, 1.165) is 23.5 Å². The molecule has 1 heterocycles. The molecule has 1 aliphatic heterocycles. The Morgan fingerprint density at radius 1 is 1.10 bits per heavy atom. The molecule has 0 aromatic heterocycles. The molecule has 3 unspecified atom stereocenters. The SMILES string of the molecule is CC1CCCC1C(Cl)c1cc2c(cc1Cl)OCCCO2. The van der Waals surface area contributed by atoms with Crippen molar-refractivity contribution in [2.45, 2.75) is 38.0 Å². The number of benzene rings is 1. The summed E-state index contributed by atoms with van der Waals surface area (Å²) >= 11 is 13.1. The van der Waals surface area contributed by atoms with Gasteiger partial charge in [-0.1, -0.05) is 31.4 Å². The fourth-order valence-electron chi connectivity index (χ4n) is 3.25. The minimum absolute atomic E-state index is 0.0443. The average Bonchev–Trinajstić information content (AvgIpc) is 2.72. The van der Waals surface area contributed by atoms with E-state index >= 15 is 0 Å². The highest BCUT2D eigenvalue weighted by atomic mass is 35.5. The monoisotopic (exact) mass is 314 g/mol. The van der Waals surface area contributed by atoms with Crippen molar-refractivity contribution in [1.82, 2.24) is 0 Å². The summed E-state index contributed by atoms with van der Waals surface area (Å²) in [5.74, 6) is 2.67. The lowest BCUT2D eigenvalue weighted by Gasteiger charge is -2.23. The Hall–Kier alpha value is -0.600. The van der Waals surface area contributed by atoms with E-state index in [0.29, 0.717) is 30.1 Å². The zero-order valence-corrected chi connectivity index (χ0v) is 13.2. The molecule has 2 nitrogen and oxygen atoms in total. The first-order valence-electron chi connectivity index (χ1n) is 7.40. The third-order valence-electron chi connectivity index (χ3n) is 4.47. The van der Waals surface area contributed by atoms with E-state index in [1.807, 2.05) is 12.1 Å². The maximum atomic E-state index is 6.72. The average molecular weight is 315 g/mol. The number of hydrogen-bond acceptors (Lipinski definition) is 2. The fourth-order valence-corrected chi connectivity index (χ4v) is 4.13. The van der Waals surface area contributed by atoms with Gasteiger partial charge in [0, 0.05) is 17.5 Å². The summed E-state index contributed by atoms with van der Waals surface area (Å²) in [7, 11) is 0. The second kappa shape index (κ2) is 6.03. The predicted molar refractivity (Wildman–Crippen MR) is 82.2 cm³/mol. The zero-order chi connectivity index (χ0) is 14.1. The van der Waals surface area contributed by atoms with E-state index in [1.54, 1.807) is 0 Å². The van der Waals surface area contributed by atoms with Gasteiger partial charge in [-0.05, 0) is 29.9 Å². The van der Waals surface area contributed by atoms with Gasteiger partial charge in [-0.3, -0.25) is 0 Å². The molecule has 4 heteroatoms. The Kier molecular flexibility index (Phi) is 4.32. The lowest BCUT2D eigenvalue weighted by Crippen LogP contribution is -2.11. The number of hydrogen-bond donors (Lipinski definition) is 0. The summed E-state index contributed by atoms with van der Waals surface area (Å²) in [6.45, 7) is 3.64. The summed E-state index contributed by atoms with van der Waals surface area (Å²) < 4.78 is 11.4. The van der Waals surface area contributed by atoms with Crippen LogP contribution in [-0.4, -0.2) is 13.2 Å². The van der Waals surface area contributed by atoms with Gasteiger partial charge >= 0.3 is 0 Å². The first-order chi connectivity index (χ1) is 9.66. The van der Waals surface area contributed by atoms with Gasteiger partial charge in [-0.2, -0.15) is 0 Å². The van der Waals surface area contributed by atoms with Crippen molar-refractivity contribution in [2.24, 2.45) is 11.8 Å². The smallest absolute Gasteiger partial charge is 0.162 e. The minimum Gasteiger partial charge on any atom is -0.490 e. The van der Waals surface area contributed by atoms with Crippen molar-refractivity contribution in [3.63, 3.8) is 0 Å². The number of fused-ring (bicyclic) bond motifs is 1. The topological polar surface area (TPSA) is 18.5 Å². The van der Waals surface area contributed by atoms with Gasteiger partial charge in [0.05, 0.1) is 18.6 Å². The minimum atomic E-state index is -0.0443. The Bertz CT molecular complexity index is 490. The van der Waals surface area contributed by atoms with Crippen LogP contribution in [0.2, 0.25) is 5.02 Å². The largest absolute Gasteiger partial charge is 0.490 e. The fraction of sp³-hybridized carbons (Fsp3) is 0.625. The molecular weight excluding hydrogens is 295 g/mol. The molecule has 0 N–H and O–H groups in total. The van der Waals surface area contributed by atoms with Crippen LogP contribution in [0.25, 0.3) is 0 Å². The molecular formula is C16H20Cl2O2. The van der Waals surface area contributed by atoms with Gasteiger partial charge < -0.3 is 9.47 Å². The van der Waals surface area contributed by atoms with E-state index in [4.69, 9.17) is 32.7 Å². The van der Waals surface area contributed by atoms with Crippen LogP contribution in [0.4, 0.5) is 0 Å². The van der Waals surface area contributed by atoms with Crippen LogP contribution in [0, 0.1) is 11.8 Å². The van der Waals surface area contributed by atoms with Gasteiger partial charge in [0.1, 0.15) is 0 Å². The molecule has 0 amide bonds. The van der Waals surface area contributed by atoms with Gasteiger partial charge in [0.15, 0.2) is 11.5 Å². The standard InChI is InChI=1S/C16H20Cl2O2/c1-10-4-2-5-11(10)16(18)12-8-14-15(9-13(12)17)20-7-3-6-19-14/h8-11,16H,2-7H2,1H3. The van der Waals surface area contributed by atoms with E-state index in [2.05, 4.69) is 6.92 Å². The summed E-state index contributed by atoms with van der Waals surface area (Å²) in [4.78, 5) is 0. The van der Waals surface area contributed by atoms with E-state index < -0.39 is 0 Å². The van der Waals surface area contributed by atoms with Crippen LogP contribution < -0.4 is 9.47 Å². The lowest BCUT2D eigenvalue weighted by atomic mass is 9.90. The molecule has 1 aliphatic carbocycles. The Morgan fingerprint density at radius 3 is 2.45 bits per heavy atom. The number of rotatable bonds is 2. The van der Waals surface area contributed by atoms with Crippen molar-refractivity contribution in [3.05, 3.63) is 22.7 Å². The first-order valence-corrected chi connectivity index (χ1v) is 8.21. The maximum Gasteiger partial charge on any atom is 0.162 e. The molecule has 1 fully saturated rings. The number of ether oxygens (including phenoxy) is 2. The van der Waals surface area contributed by atoms with E-state index in [1.165, 1.54) is 19.3 Å². The van der Waals surface area contributed by atoms with Gasteiger partial charge in [-0.15, -0.1) is 11.6 Å². The quantitative estimate of drug-likeness (QED) is 0.697. The van der Waals surface area contributed by atoms with Crippen molar-refractivity contribution in [1.29, 1.82) is 0 Å². The molecule has 0 spiro atoms. The summed E-state index contributed by atoms with van der Waals surface area (Å²) in [6, 6.07) is 3.83. The summed E-state index contributed by atoms with van der Waals surface area (Å²) in [5, 5.41) is 0.644. The Morgan fingerprint density at radius 2 is 1.80 bits per heavy atom. The lowest BCUT2D eigenvalue weighted by molar-refractivity contribution is 0.297. The maximum absolute atomic E-state index is 6.72. The van der Waals surface area contributed by atoms with E-state index in [9.17, 15) is 0 Å². The number of alkyl halides is 1. The number of halogens is 2. The molecule has 1 aromatic carbocycles. The predicted octanol–water partition coefficient (Wildman–Crippen LogP) is 5.22. The highest BCUT2D eigenvalue weighted by Crippen LogP contribution is 2.47. The van der Waals surface area contributed by atoms with Crippen LogP contribution in [-0.2, 0) is 0 Å². The van der Waals surface area contributed by atoms with Gasteiger partial charge in [0.25, 0.3) is 0 Å². The molecule has 1 aromatic rings. The Labute approximate surface area is 130 Å². The third-order valence-corrected chi connectivity index (χ3v) is 5.35. The highest BCUT2D eigenvalue weighted by molar-refractivity contribution is 6.33. The van der Waals surface area contributed by atoms with Crippen LogP contribution in [0.5, 0.6) is 11.5 Å². The van der Waals surface area contributed by atoms with Crippen LogP contribution in [0.15, 0.2) is 12.1 Å². The first kappa shape index (κ1) is 14.3. The summed E-state index contributed by atoms with van der Waals surface area (Å²) in [6.07, 6.45) is 4.60. The van der Waals surface area contributed by atoms with Crippen molar-refractivity contribution < 1.29 is 9.47 Å². The highest BCUT2D eigenvalue weighted by Gasteiger charge is 2.32. The molecule has 20 heavy (non-hydrogen) atoms. The Balaban J connectivity index is 1.91. The molecule has 0 bridgehead atoms. The second-order valence-corrected chi connectivity index (χ2v) is 6.72. The molecule has 0 saturated heterocycles. The molecule has 0 radical (unpaired) electrons. The van der Waals surface area contributed by atoms with Crippen molar-refractivity contribution in [2.75, 3.05) is 13.2 Å². The van der Waals surface area contributed by atoms with Crippen LogP contribution in [0.1, 0.15) is 43.5 Å². The molecule has 1 saturated carbocycles. The van der Waals surface area contributed by atoms with Crippen LogP contribution in [0.3, 0.4) is 0 Å².